The lowest BCUT2D eigenvalue weighted by atomic mass is 10.3. The van der Waals surface area contributed by atoms with Gasteiger partial charge >= 0.3 is 8.56 Å². The third kappa shape index (κ3) is 12.2. The summed E-state index contributed by atoms with van der Waals surface area (Å²) in [7, 11) is -5.42. The second-order valence-corrected chi connectivity index (χ2v) is 20.7. The van der Waals surface area contributed by atoms with Crippen molar-refractivity contribution in [3.8, 4) is 0 Å². The molecule has 0 aromatic heterocycles. The summed E-state index contributed by atoms with van der Waals surface area (Å²) in [6.07, 6.45) is 5.86. The van der Waals surface area contributed by atoms with E-state index < -0.39 is 25.2 Å². The molecule has 0 aliphatic heterocycles. The molecule has 1 N–H and O–H groups in total. The number of amides is 1. The molecule has 4 nitrogen and oxygen atoms in total. The molecule has 0 fully saturated rings. The Morgan fingerprint density at radius 3 is 1.92 bits per heavy atom. The van der Waals surface area contributed by atoms with E-state index in [9.17, 15) is 4.79 Å². The molecule has 0 saturated carbocycles. The van der Waals surface area contributed by atoms with Crippen LogP contribution in [0.3, 0.4) is 0 Å². The van der Waals surface area contributed by atoms with Crippen molar-refractivity contribution in [3.63, 3.8) is 0 Å². The van der Waals surface area contributed by atoms with Crippen LogP contribution in [0, 0.1) is 0 Å². The third-order valence-electron chi connectivity index (χ3n) is 3.87. The molecule has 0 spiro atoms. The fourth-order valence-electron chi connectivity index (χ4n) is 3.02. The predicted molar refractivity (Wildman–Crippen MR) is 112 cm³/mol. The molecular weight excluding hydrogens is 350 g/mol. The van der Waals surface area contributed by atoms with Crippen molar-refractivity contribution >= 4 is 31.1 Å². The molecule has 7 heteroatoms. The molecule has 0 heterocycles. The third-order valence-corrected chi connectivity index (χ3v) is 15.3. The van der Waals surface area contributed by atoms with E-state index in [4.69, 9.17) is 8.23 Å². The standard InChI is InChI=1S/C17H39NO3Si3/c1-9-11-15-22(3,4)20-24(7,8)21-23(5,6)16-13-12-14-18-17(19)10-2/h10H,2,9,11-16H2,1,3-8H3,(H,18,19). The zero-order valence-corrected chi connectivity index (χ0v) is 20.0. The number of hydrogen-bond acceptors (Lipinski definition) is 3. The smallest absolute Gasteiger partial charge is 0.311 e. The van der Waals surface area contributed by atoms with E-state index in [1.165, 1.54) is 25.0 Å². The molecule has 1 amide bonds. The summed E-state index contributed by atoms with van der Waals surface area (Å²) in [6, 6.07) is 2.32. The molecular formula is C17H39NO3Si3. The van der Waals surface area contributed by atoms with Gasteiger partial charge in [-0.2, -0.15) is 0 Å². The van der Waals surface area contributed by atoms with Crippen molar-refractivity contribution in [1.29, 1.82) is 0 Å². The monoisotopic (exact) mass is 389 g/mol. The summed E-state index contributed by atoms with van der Waals surface area (Å²) >= 11 is 0. The topological polar surface area (TPSA) is 47.6 Å². The highest BCUT2D eigenvalue weighted by Gasteiger charge is 2.39. The Bertz CT molecular complexity index is 399. The Kier molecular flexibility index (Phi) is 10.6. The number of carbonyl (C=O) groups excluding carboxylic acids is 1. The second-order valence-electron chi connectivity index (χ2n) is 8.18. The van der Waals surface area contributed by atoms with Gasteiger partial charge in [0.05, 0.1) is 0 Å². The van der Waals surface area contributed by atoms with Gasteiger partial charge in [0.25, 0.3) is 0 Å². The maximum absolute atomic E-state index is 11.1. The summed E-state index contributed by atoms with van der Waals surface area (Å²) in [6.45, 7) is 20.0. The largest absolute Gasteiger partial charge is 0.437 e. The van der Waals surface area contributed by atoms with Crippen LogP contribution in [-0.4, -0.2) is 37.6 Å². The van der Waals surface area contributed by atoms with Crippen LogP contribution in [-0.2, 0) is 13.0 Å². The van der Waals surface area contributed by atoms with Crippen LogP contribution in [0.15, 0.2) is 12.7 Å². The fraction of sp³-hybridized carbons (Fsp3) is 0.824. The van der Waals surface area contributed by atoms with E-state index in [0.717, 1.165) is 18.9 Å². The minimum Gasteiger partial charge on any atom is -0.437 e. The predicted octanol–water partition coefficient (Wildman–Crippen LogP) is 5.01. The molecule has 0 radical (unpaired) electrons. The van der Waals surface area contributed by atoms with Crippen molar-refractivity contribution in [2.24, 2.45) is 0 Å². The van der Waals surface area contributed by atoms with Gasteiger partial charge in [-0.1, -0.05) is 32.8 Å². The number of rotatable bonds is 13. The zero-order chi connectivity index (χ0) is 18.9. The molecule has 142 valence electrons. The van der Waals surface area contributed by atoms with Crippen LogP contribution in [0.5, 0.6) is 0 Å². The summed E-state index contributed by atoms with van der Waals surface area (Å²) in [5, 5.41) is 2.82. The summed E-state index contributed by atoms with van der Waals surface area (Å²) in [4.78, 5) is 11.1. The highest BCUT2D eigenvalue weighted by atomic mass is 28.5. The summed E-state index contributed by atoms with van der Waals surface area (Å²) in [5.74, 6) is -0.0936. The molecule has 0 saturated heterocycles. The Hall–Kier alpha value is -0.219. The SMILES string of the molecule is C=CC(=O)NCCCC[Si](C)(C)O[Si](C)(C)O[Si](C)(C)CCCC. The minimum atomic E-state index is -2.08. The molecule has 24 heavy (non-hydrogen) atoms. The summed E-state index contributed by atoms with van der Waals surface area (Å²) < 4.78 is 13.1. The van der Waals surface area contributed by atoms with Crippen LogP contribution >= 0.6 is 0 Å². The number of hydrogen-bond donors (Lipinski definition) is 1. The van der Waals surface area contributed by atoms with Crippen LogP contribution in [0.1, 0.15) is 32.6 Å². The van der Waals surface area contributed by atoms with Gasteiger partial charge in [-0.05, 0) is 63.9 Å². The lowest BCUT2D eigenvalue weighted by molar-refractivity contribution is -0.116. The molecule has 0 aliphatic carbocycles. The molecule has 0 aliphatic rings. The van der Waals surface area contributed by atoms with Crippen molar-refractivity contribution in [2.75, 3.05) is 6.54 Å². The van der Waals surface area contributed by atoms with Gasteiger partial charge in [0.1, 0.15) is 0 Å². The average Bonchev–Trinajstić information content (AvgIpc) is 2.41. The van der Waals surface area contributed by atoms with Crippen molar-refractivity contribution < 1.29 is 13.0 Å². The molecule has 0 aromatic carbocycles. The first-order chi connectivity index (χ1) is 10.9. The lowest BCUT2D eigenvalue weighted by Crippen LogP contribution is -2.52. The Morgan fingerprint density at radius 2 is 1.46 bits per heavy atom. The van der Waals surface area contributed by atoms with E-state index in [2.05, 4.69) is 58.1 Å². The Labute approximate surface area is 152 Å². The lowest BCUT2D eigenvalue weighted by Gasteiger charge is -2.38. The van der Waals surface area contributed by atoms with E-state index >= 15 is 0 Å². The molecule has 0 bridgehead atoms. The van der Waals surface area contributed by atoms with E-state index in [1.54, 1.807) is 0 Å². The van der Waals surface area contributed by atoms with Gasteiger partial charge in [0, 0.05) is 6.54 Å². The van der Waals surface area contributed by atoms with Crippen LogP contribution < -0.4 is 5.32 Å². The highest BCUT2D eigenvalue weighted by Crippen LogP contribution is 2.26. The zero-order valence-electron chi connectivity index (χ0n) is 17.0. The minimum absolute atomic E-state index is 0.0936. The first-order valence-electron chi connectivity index (χ1n) is 9.24. The fourth-order valence-corrected chi connectivity index (χ4v) is 17.3. The maximum Gasteiger partial charge on any atom is 0.311 e. The number of nitrogens with one attached hydrogen (secondary N) is 1. The quantitative estimate of drug-likeness (QED) is 0.273. The van der Waals surface area contributed by atoms with E-state index in [1.807, 2.05) is 0 Å². The van der Waals surface area contributed by atoms with Gasteiger partial charge < -0.3 is 13.5 Å². The van der Waals surface area contributed by atoms with E-state index in [-0.39, 0.29) is 5.91 Å². The average molecular weight is 390 g/mol. The number of unbranched alkanes of at least 4 members (excludes halogenated alkanes) is 2. The first kappa shape index (κ1) is 23.8. The number of carbonyl (C=O) groups is 1. The van der Waals surface area contributed by atoms with Gasteiger partial charge in [-0.25, -0.2) is 0 Å². The van der Waals surface area contributed by atoms with Crippen molar-refractivity contribution in [1.82, 2.24) is 5.32 Å². The van der Waals surface area contributed by atoms with Crippen LogP contribution in [0.2, 0.25) is 51.4 Å². The highest BCUT2D eigenvalue weighted by molar-refractivity contribution is 6.87. The van der Waals surface area contributed by atoms with Crippen LogP contribution in [0.25, 0.3) is 0 Å². The van der Waals surface area contributed by atoms with Gasteiger partial charge in [-0.3, -0.25) is 4.79 Å². The van der Waals surface area contributed by atoms with Crippen LogP contribution in [0.4, 0.5) is 0 Å². The first-order valence-corrected chi connectivity index (χ1v) is 18.3. The van der Waals surface area contributed by atoms with Crippen molar-refractivity contribution in [2.45, 2.75) is 84.0 Å². The Balaban J connectivity index is 4.29. The normalized spacial score (nSPS) is 13.0. The summed E-state index contributed by atoms with van der Waals surface area (Å²) in [5.41, 5.74) is 0. The molecule has 0 atom stereocenters. The van der Waals surface area contributed by atoms with E-state index in [0.29, 0.717) is 6.54 Å². The van der Waals surface area contributed by atoms with Crippen molar-refractivity contribution in [3.05, 3.63) is 12.7 Å². The molecule has 0 rings (SSSR count). The second kappa shape index (κ2) is 10.7. The van der Waals surface area contributed by atoms with Gasteiger partial charge in [-0.15, -0.1) is 0 Å². The molecule has 0 unspecified atom stereocenters. The molecule has 0 aromatic rings. The van der Waals surface area contributed by atoms with Gasteiger partial charge in [0.2, 0.25) is 5.91 Å². The Morgan fingerprint density at radius 1 is 0.958 bits per heavy atom. The maximum atomic E-state index is 11.1. The van der Waals surface area contributed by atoms with Gasteiger partial charge in [0.15, 0.2) is 16.6 Å².